The highest BCUT2D eigenvalue weighted by Gasteiger charge is 2.18. The highest BCUT2D eigenvalue weighted by molar-refractivity contribution is 9.10. The van der Waals surface area contributed by atoms with Crippen molar-refractivity contribution in [2.45, 2.75) is 26.0 Å². The summed E-state index contributed by atoms with van der Waals surface area (Å²) in [6.45, 7) is 4.53. The van der Waals surface area contributed by atoms with Gasteiger partial charge in [-0.1, -0.05) is 34.1 Å². The second-order valence-electron chi connectivity index (χ2n) is 4.86. The third kappa shape index (κ3) is 4.48. The Labute approximate surface area is 134 Å². The van der Waals surface area contributed by atoms with E-state index in [0.29, 0.717) is 6.61 Å². The van der Waals surface area contributed by atoms with Crippen molar-refractivity contribution < 1.29 is 9.47 Å². The van der Waals surface area contributed by atoms with Crippen LogP contribution >= 0.6 is 15.9 Å². The van der Waals surface area contributed by atoms with Crippen molar-refractivity contribution in [1.82, 2.24) is 0 Å². The van der Waals surface area contributed by atoms with Crippen LogP contribution in [-0.4, -0.2) is 12.6 Å². The zero-order chi connectivity index (χ0) is 15.2. The van der Waals surface area contributed by atoms with Gasteiger partial charge in [-0.3, -0.25) is 0 Å². The molecule has 2 unspecified atom stereocenters. The summed E-state index contributed by atoms with van der Waals surface area (Å²) in [6, 6.07) is 15.5. The van der Waals surface area contributed by atoms with Crippen LogP contribution in [0.5, 0.6) is 11.5 Å². The molecule has 0 aromatic heterocycles. The largest absolute Gasteiger partial charge is 0.494 e. The number of nitrogens with two attached hydrogens (primary N) is 1. The van der Waals surface area contributed by atoms with E-state index in [1.165, 1.54) is 0 Å². The summed E-state index contributed by atoms with van der Waals surface area (Å²) in [4.78, 5) is 0. The van der Waals surface area contributed by atoms with Crippen LogP contribution < -0.4 is 15.2 Å². The lowest BCUT2D eigenvalue weighted by molar-refractivity contribution is 0.179. The Bertz CT molecular complexity index is 569. The second-order valence-corrected chi connectivity index (χ2v) is 5.77. The molecule has 112 valence electrons. The Morgan fingerprint density at radius 2 is 1.76 bits per heavy atom. The molecule has 0 saturated heterocycles. The van der Waals surface area contributed by atoms with E-state index in [4.69, 9.17) is 15.2 Å². The zero-order valence-electron chi connectivity index (χ0n) is 12.3. The maximum absolute atomic E-state index is 6.08. The van der Waals surface area contributed by atoms with Gasteiger partial charge < -0.3 is 15.2 Å². The van der Waals surface area contributed by atoms with Crippen LogP contribution in [0.1, 0.15) is 25.5 Å². The van der Waals surface area contributed by atoms with Crippen LogP contribution in [0.15, 0.2) is 53.0 Å². The number of benzene rings is 2. The third-order valence-corrected chi connectivity index (χ3v) is 3.58. The van der Waals surface area contributed by atoms with Crippen molar-refractivity contribution in [1.29, 1.82) is 0 Å². The number of hydrogen-bond acceptors (Lipinski definition) is 3. The Morgan fingerprint density at radius 1 is 1.10 bits per heavy atom. The van der Waals surface area contributed by atoms with Crippen LogP contribution in [0.2, 0.25) is 0 Å². The average Bonchev–Trinajstić information content (AvgIpc) is 2.46. The summed E-state index contributed by atoms with van der Waals surface area (Å²) in [6.07, 6.45) is -0.199. The number of halogens is 1. The first-order chi connectivity index (χ1) is 10.1. The van der Waals surface area contributed by atoms with Gasteiger partial charge in [0.05, 0.1) is 6.61 Å². The molecule has 2 rings (SSSR count). The van der Waals surface area contributed by atoms with Gasteiger partial charge in [-0.05, 0) is 43.7 Å². The predicted molar refractivity (Wildman–Crippen MR) is 88.8 cm³/mol. The lowest BCUT2D eigenvalue weighted by Crippen LogP contribution is -2.29. The molecule has 0 radical (unpaired) electrons. The summed E-state index contributed by atoms with van der Waals surface area (Å²) >= 11 is 3.44. The van der Waals surface area contributed by atoms with Crippen LogP contribution in [-0.2, 0) is 0 Å². The van der Waals surface area contributed by atoms with E-state index < -0.39 is 0 Å². The van der Waals surface area contributed by atoms with Crippen molar-refractivity contribution in [2.24, 2.45) is 5.73 Å². The summed E-state index contributed by atoms with van der Waals surface area (Å²) in [7, 11) is 0. The Balaban J connectivity index is 2.20. The van der Waals surface area contributed by atoms with Crippen molar-refractivity contribution in [3.05, 3.63) is 58.6 Å². The average molecular weight is 350 g/mol. The molecule has 0 saturated carbocycles. The van der Waals surface area contributed by atoms with Gasteiger partial charge in [-0.15, -0.1) is 0 Å². The molecule has 2 aromatic carbocycles. The molecule has 2 atom stereocenters. The molecule has 2 aromatic rings. The Hall–Kier alpha value is -1.52. The van der Waals surface area contributed by atoms with Crippen molar-refractivity contribution in [3.63, 3.8) is 0 Å². The van der Waals surface area contributed by atoms with Crippen molar-refractivity contribution in [3.8, 4) is 11.5 Å². The minimum absolute atomic E-state index is 0.123. The highest BCUT2D eigenvalue weighted by Crippen LogP contribution is 2.27. The minimum atomic E-state index is -0.199. The van der Waals surface area contributed by atoms with Crippen LogP contribution in [0.3, 0.4) is 0 Å². The monoisotopic (exact) mass is 349 g/mol. The quantitative estimate of drug-likeness (QED) is 0.844. The van der Waals surface area contributed by atoms with Gasteiger partial charge in [0.25, 0.3) is 0 Å². The molecule has 2 N–H and O–H groups in total. The van der Waals surface area contributed by atoms with Gasteiger partial charge in [0, 0.05) is 16.6 Å². The van der Waals surface area contributed by atoms with Crippen molar-refractivity contribution in [2.75, 3.05) is 6.61 Å². The van der Waals surface area contributed by atoms with E-state index in [9.17, 15) is 0 Å². The lowest BCUT2D eigenvalue weighted by Gasteiger charge is -2.23. The highest BCUT2D eigenvalue weighted by atomic mass is 79.9. The third-order valence-electron chi connectivity index (χ3n) is 3.06. The molecule has 3 nitrogen and oxygen atoms in total. The molecule has 0 aliphatic rings. The fraction of sp³-hybridized carbons (Fsp3) is 0.294. The summed E-state index contributed by atoms with van der Waals surface area (Å²) < 4.78 is 12.6. The molecule has 21 heavy (non-hydrogen) atoms. The molecular weight excluding hydrogens is 330 g/mol. The van der Waals surface area contributed by atoms with E-state index in [0.717, 1.165) is 21.5 Å². The van der Waals surface area contributed by atoms with E-state index in [-0.39, 0.29) is 12.1 Å². The van der Waals surface area contributed by atoms with Gasteiger partial charge in [0.15, 0.2) is 0 Å². The smallest absolute Gasteiger partial charge is 0.138 e. The normalized spacial score (nSPS) is 13.5. The predicted octanol–water partition coefficient (Wildman–Crippen LogP) is 4.32. The van der Waals surface area contributed by atoms with E-state index in [2.05, 4.69) is 15.9 Å². The molecule has 0 aliphatic heterocycles. The fourth-order valence-electron chi connectivity index (χ4n) is 2.08. The van der Waals surface area contributed by atoms with Gasteiger partial charge in [0.1, 0.15) is 17.6 Å². The molecule has 0 fully saturated rings. The molecule has 0 aliphatic carbocycles. The SMILES string of the molecule is CCOc1cccc(OC(c2ccc(Br)cc2)C(C)N)c1. The minimum Gasteiger partial charge on any atom is -0.494 e. The maximum Gasteiger partial charge on any atom is 0.138 e. The molecule has 4 heteroatoms. The topological polar surface area (TPSA) is 44.5 Å². The molecular formula is C17H20BrNO2. The molecule has 0 amide bonds. The van der Waals surface area contributed by atoms with Crippen LogP contribution in [0.25, 0.3) is 0 Å². The van der Waals surface area contributed by atoms with Crippen LogP contribution in [0.4, 0.5) is 0 Å². The first-order valence-electron chi connectivity index (χ1n) is 7.00. The fourth-order valence-corrected chi connectivity index (χ4v) is 2.35. The van der Waals surface area contributed by atoms with Gasteiger partial charge in [0.2, 0.25) is 0 Å². The number of ether oxygens (including phenoxy) is 2. The lowest BCUT2D eigenvalue weighted by atomic mass is 10.0. The molecule has 0 heterocycles. The Kier molecular flexibility index (Phi) is 5.65. The molecule has 0 bridgehead atoms. The number of hydrogen-bond donors (Lipinski definition) is 1. The summed E-state index contributed by atoms with van der Waals surface area (Å²) in [5.41, 5.74) is 7.13. The first-order valence-corrected chi connectivity index (χ1v) is 7.80. The molecule has 0 spiro atoms. The second kappa shape index (κ2) is 7.48. The van der Waals surface area contributed by atoms with E-state index in [1.807, 2.05) is 62.4 Å². The number of rotatable bonds is 6. The Morgan fingerprint density at radius 3 is 2.38 bits per heavy atom. The summed E-state index contributed by atoms with van der Waals surface area (Å²) in [5, 5.41) is 0. The summed E-state index contributed by atoms with van der Waals surface area (Å²) in [5.74, 6) is 1.56. The van der Waals surface area contributed by atoms with Crippen molar-refractivity contribution >= 4 is 15.9 Å². The maximum atomic E-state index is 6.08. The van der Waals surface area contributed by atoms with Gasteiger partial charge in [-0.25, -0.2) is 0 Å². The first kappa shape index (κ1) is 15.9. The van der Waals surface area contributed by atoms with Gasteiger partial charge in [-0.2, -0.15) is 0 Å². The standard InChI is InChI=1S/C17H20BrNO2/c1-3-20-15-5-4-6-16(11-15)21-17(12(2)19)13-7-9-14(18)10-8-13/h4-12,17H,3,19H2,1-2H3. The van der Waals surface area contributed by atoms with Crippen LogP contribution in [0, 0.1) is 0 Å². The van der Waals surface area contributed by atoms with E-state index in [1.54, 1.807) is 0 Å². The van der Waals surface area contributed by atoms with E-state index >= 15 is 0 Å². The zero-order valence-corrected chi connectivity index (χ0v) is 13.8. The van der Waals surface area contributed by atoms with Gasteiger partial charge >= 0.3 is 0 Å².